The summed E-state index contributed by atoms with van der Waals surface area (Å²) in [5, 5.41) is 12.0. The molecule has 0 aliphatic heterocycles. The van der Waals surface area contributed by atoms with Gasteiger partial charge in [0.2, 0.25) is 11.8 Å². The lowest BCUT2D eigenvalue weighted by atomic mass is 9.99. The quantitative estimate of drug-likeness (QED) is 0.769. The lowest BCUT2D eigenvalue weighted by Crippen LogP contribution is -2.50. The van der Waals surface area contributed by atoms with Gasteiger partial charge in [-0.25, -0.2) is 9.37 Å². The number of oxazole rings is 1. The van der Waals surface area contributed by atoms with Crippen molar-refractivity contribution in [2.45, 2.75) is 25.3 Å². The number of carbonyl (C=O) groups excluding carboxylic acids is 1. The van der Waals surface area contributed by atoms with E-state index in [0.717, 1.165) is 0 Å². The molecule has 1 atom stereocenters. The van der Waals surface area contributed by atoms with E-state index in [1.807, 2.05) is 0 Å². The van der Waals surface area contributed by atoms with Gasteiger partial charge in [0.15, 0.2) is 0 Å². The second-order valence-corrected chi connectivity index (χ2v) is 5.84. The third-order valence-corrected chi connectivity index (χ3v) is 3.55. The third kappa shape index (κ3) is 4.87. The monoisotopic (exact) mass is 336 g/mol. The fourth-order valence-corrected chi connectivity index (χ4v) is 2.39. The molecule has 0 spiro atoms. The van der Waals surface area contributed by atoms with E-state index in [2.05, 4.69) is 10.3 Å². The van der Waals surface area contributed by atoms with E-state index in [1.165, 1.54) is 25.5 Å². The van der Waals surface area contributed by atoms with E-state index in [1.54, 1.807) is 19.1 Å². The number of aromatic nitrogens is 1. The second kappa shape index (κ2) is 8.03. The normalized spacial score (nSPS) is 13.5. The van der Waals surface area contributed by atoms with Crippen LogP contribution in [0.5, 0.6) is 0 Å². The van der Waals surface area contributed by atoms with E-state index in [9.17, 15) is 9.18 Å². The number of amides is 1. The molecular weight excluding hydrogens is 315 g/mol. The van der Waals surface area contributed by atoms with Crippen molar-refractivity contribution < 1.29 is 23.4 Å². The van der Waals surface area contributed by atoms with Crippen molar-refractivity contribution in [3.63, 3.8) is 0 Å². The number of carbonyl (C=O) groups is 1. The fraction of sp³-hybridized carbons (Fsp3) is 0.412. The Morgan fingerprint density at radius 3 is 2.75 bits per heavy atom. The van der Waals surface area contributed by atoms with Gasteiger partial charge in [0.25, 0.3) is 0 Å². The van der Waals surface area contributed by atoms with Crippen molar-refractivity contribution in [2.75, 3.05) is 20.3 Å². The first-order chi connectivity index (χ1) is 11.5. The minimum atomic E-state index is -0.649. The Hall–Kier alpha value is -2.25. The smallest absolute Gasteiger partial charge is 0.226 e. The van der Waals surface area contributed by atoms with Gasteiger partial charge in [-0.3, -0.25) is 4.79 Å². The van der Waals surface area contributed by atoms with Crippen LogP contribution in [0, 0.1) is 5.82 Å². The Labute approximate surface area is 139 Å². The van der Waals surface area contributed by atoms with Crippen LogP contribution in [0.15, 0.2) is 34.9 Å². The molecule has 1 unspecified atom stereocenters. The lowest BCUT2D eigenvalue weighted by molar-refractivity contribution is -0.123. The summed E-state index contributed by atoms with van der Waals surface area (Å²) in [6.07, 6.45) is 1.82. The number of hydrogen-bond donors (Lipinski definition) is 2. The molecular formula is C17H21FN2O4. The number of nitrogens with one attached hydrogen (secondary N) is 1. The molecule has 2 aromatic rings. The number of hydrogen-bond acceptors (Lipinski definition) is 5. The zero-order valence-corrected chi connectivity index (χ0v) is 13.7. The molecule has 0 radical (unpaired) electrons. The number of aliphatic hydroxyl groups is 1. The summed E-state index contributed by atoms with van der Waals surface area (Å²) in [5.41, 5.74) is 0.451. The number of nitrogens with zero attached hydrogens (tertiary/aromatic N) is 1. The molecule has 0 bridgehead atoms. The van der Waals surface area contributed by atoms with Gasteiger partial charge in [-0.05, 0) is 37.6 Å². The maximum Gasteiger partial charge on any atom is 0.226 e. The van der Waals surface area contributed by atoms with Crippen LogP contribution in [0.25, 0.3) is 11.5 Å². The first-order valence-corrected chi connectivity index (χ1v) is 7.57. The molecule has 2 rings (SSSR count). The van der Waals surface area contributed by atoms with Gasteiger partial charge in [0.05, 0.1) is 24.3 Å². The van der Waals surface area contributed by atoms with E-state index < -0.39 is 5.54 Å². The zero-order chi connectivity index (χ0) is 17.6. The number of halogens is 1. The van der Waals surface area contributed by atoms with Crippen molar-refractivity contribution in [2.24, 2.45) is 0 Å². The molecule has 7 heteroatoms. The molecule has 2 N–H and O–H groups in total. The maximum absolute atomic E-state index is 12.9. The summed E-state index contributed by atoms with van der Waals surface area (Å²) in [7, 11) is 1.54. The Morgan fingerprint density at radius 1 is 1.42 bits per heavy atom. The van der Waals surface area contributed by atoms with Crippen molar-refractivity contribution in [1.29, 1.82) is 0 Å². The van der Waals surface area contributed by atoms with E-state index in [0.29, 0.717) is 30.2 Å². The summed E-state index contributed by atoms with van der Waals surface area (Å²) in [6.45, 7) is 2.04. The fourth-order valence-electron chi connectivity index (χ4n) is 2.39. The summed E-state index contributed by atoms with van der Waals surface area (Å²) in [5.74, 6) is -0.263. The second-order valence-electron chi connectivity index (χ2n) is 5.84. The Kier molecular flexibility index (Phi) is 6.05. The van der Waals surface area contributed by atoms with Crippen LogP contribution in [-0.4, -0.2) is 41.9 Å². The van der Waals surface area contributed by atoms with Crippen LogP contribution in [0.2, 0.25) is 0 Å². The molecule has 0 saturated carbocycles. The van der Waals surface area contributed by atoms with Crippen LogP contribution < -0.4 is 5.32 Å². The first kappa shape index (κ1) is 18.1. The highest BCUT2D eigenvalue weighted by molar-refractivity contribution is 5.79. The van der Waals surface area contributed by atoms with Crippen LogP contribution in [0.4, 0.5) is 4.39 Å². The van der Waals surface area contributed by atoms with E-state index >= 15 is 0 Å². The average molecular weight is 336 g/mol. The Balaban J connectivity index is 2.00. The highest BCUT2D eigenvalue weighted by Crippen LogP contribution is 2.19. The third-order valence-electron chi connectivity index (χ3n) is 3.55. The molecule has 1 aromatic carbocycles. The van der Waals surface area contributed by atoms with Gasteiger partial charge in [-0.15, -0.1) is 0 Å². The SMILES string of the molecule is COCC(C)(CCO)NC(=O)Cc1coc(-c2ccc(F)cc2)n1. The van der Waals surface area contributed by atoms with Gasteiger partial charge in [0, 0.05) is 19.3 Å². The van der Waals surface area contributed by atoms with Crippen molar-refractivity contribution in [3.8, 4) is 11.5 Å². The van der Waals surface area contributed by atoms with Crippen molar-refractivity contribution >= 4 is 5.91 Å². The van der Waals surface area contributed by atoms with Gasteiger partial charge < -0.3 is 19.6 Å². The van der Waals surface area contributed by atoms with Gasteiger partial charge in [-0.2, -0.15) is 0 Å². The predicted octanol–water partition coefficient (Wildman–Crippen LogP) is 1.93. The van der Waals surface area contributed by atoms with Gasteiger partial charge in [0.1, 0.15) is 12.1 Å². The minimum Gasteiger partial charge on any atom is -0.444 e. The predicted molar refractivity (Wildman–Crippen MR) is 85.7 cm³/mol. The summed E-state index contributed by atoms with van der Waals surface area (Å²) < 4.78 is 23.4. The first-order valence-electron chi connectivity index (χ1n) is 7.57. The van der Waals surface area contributed by atoms with Crippen LogP contribution in [0.1, 0.15) is 19.0 Å². The summed E-state index contributed by atoms with van der Waals surface area (Å²) >= 11 is 0. The largest absolute Gasteiger partial charge is 0.444 e. The van der Waals surface area contributed by atoms with Crippen LogP contribution in [0.3, 0.4) is 0 Å². The molecule has 1 heterocycles. The van der Waals surface area contributed by atoms with E-state index in [4.69, 9.17) is 14.3 Å². The minimum absolute atomic E-state index is 0.0371. The molecule has 130 valence electrons. The highest BCUT2D eigenvalue weighted by Gasteiger charge is 2.26. The topological polar surface area (TPSA) is 84.6 Å². The zero-order valence-electron chi connectivity index (χ0n) is 13.7. The van der Waals surface area contributed by atoms with Crippen molar-refractivity contribution in [3.05, 3.63) is 42.0 Å². The number of methoxy groups -OCH3 is 1. The van der Waals surface area contributed by atoms with E-state index in [-0.39, 0.29) is 24.8 Å². The molecule has 0 saturated heterocycles. The van der Waals surface area contributed by atoms with Crippen LogP contribution >= 0.6 is 0 Å². The lowest BCUT2D eigenvalue weighted by Gasteiger charge is -2.29. The van der Waals surface area contributed by atoms with Crippen LogP contribution in [-0.2, 0) is 16.0 Å². The molecule has 24 heavy (non-hydrogen) atoms. The molecule has 0 aliphatic rings. The molecule has 0 fully saturated rings. The summed E-state index contributed by atoms with van der Waals surface area (Å²) in [6, 6.07) is 5.75. The van der Waals surface area contributed by atoms with Gasteiger partial charge in [-0.1, -0.05) is 0 Å². The van der Waals surface area contributed by atoms with Gasteiger partial charge >= 0.3 is 0 Å². The molecule has 1 amide bonds. The Bertz CT molecular complexity index is 663. The molecule has 6 nitrogen and oxygen atoms in total. The maximum atomic E-state index is 12.9. The summed E-state index contributed by atoms with van der Waals surface area (Å²) in [4.78, 5) is 16.4. The highest BCUT2D eigenvalue weighted by atomic mass is 19.1. The standard InChI is InChI=1S/C17H21FN2O4/c1-17(7-8-21,11-23-2)20-15(22)9-14-10-24-16(19-14)12-3-5-13(18)6-4-12/h3-6,10,21H,7-9,11H2,1-2H3,(H,20,22). The number of rotatable bonds is 8. The number of ether oxygens (including phenoxy) is 1. The average Bonchev–Trinajstić information content (AvgIpc) is 2.96. The number of benzene rings is 1. The number of aliphatic hydroxyl groups excluding tert-OH is 1. The Morgan fingerprint density at radius 2 is 2.12 bits per heavy atom. The van der Waals surface area contributed by atoms with Crippen molar-refractivity contribution in [1.82, 2.24) is 10.3 Å². The molecule has 1 aromatic heterocycles. The molecule has 0 aliphatic carbocycles.